The summed E-state index contributed by atoms with van der Waals surface area (Å²) in [7, 11) is 1.46. The Morgan fingerprint density at radius 1 is 1.44 bits per heavy atom. The van der Waals surface area contributed by atoms with Crippen molar-refractivity contribution >= 4 is 23.7 Å². The van der Waals surface area contributed by atoms with E-state index in [9.17, 15) is 9.59 Å². The van der Waals surface area contributed by atoms with Crippen molar-refractivity contribution in [3.63, 3.8) is 0 Å². The first-order valence-electron chi connectivity index (χ1n) is 4.78. The molecule has 1 rings (SSSR count). The number of carbonyl (C=O) groups is 2. The van der Waals surface area contributed by atoms with Gasteiger partial charge in [0.1, 0.15) is 0 Å². The summed E-state index contributed by atoms with van der Waals surface area (Å²) in [5.41, 5.74) is 0. The predicted molar refractivity (Wildman–Crippen MR) is 62.2 cm³/mol. The molecule has 5 nitrogen and oxygen atoms in total. The molecule has 0 saturated heterocycles. The zero-order valence-corrected chi connectivity index (χ0v) is 9.71. The van der Waals surface area contributed by atoms with Crippen LogP contribution in [-0.2, 0) is 4.79 Å². The minimum atomic E-state index is -0.479. The number of amides is 3. The van der Waals surface area contributed by atoms with Crippen molar-refractivity contribution in [2.75, 3.05) is 12.8 Å². The molecule has 0 fully saturated rings. The van der Waals surface area contributed by atoms with Crippen LogP contribution in [0.1, 0.15) is 6.42 Å². The normalized spacial score (nSPS) is 9.56. The van der Waals surface area contributed by atoms with Crippen LogP contribution < -0.4 is 10.6 Å². The third-order valence-electron chi connectivity index (χ3n) is 1.70. The summed E-state index contributed by atoms with van der Waals surface area (Å²) in [6.45, 7) is 0. The fourth-order valence-electron chi connectivity index (χ4n) is 0.932. The molecule has 0 aliphatic heterocycles. The molecule has 0 aliphatic rings. The number of pyridine rings is 1. The summed E-state index contributed by atoms with van der Waals surface area (Å²) in [6.07, 6.45) is 1.99. The fraction of sp³-hybridized carbons (Fsp3) is 0.300. The lowest BCUT2D eigenvalue weighted by molar-refractivity contribution is -0.119. The molecule has 1 aromatic rings. The number of aromatic nitrogens is 1. The summed E-state index contributed by atoms with van der Waals surface area (Å²) < 4.78 is 0. The first-order chi connectivity index (χ1) is 7.72. The van der Waals surface area contributed by atoms with Gasteiger partial charge in [0.25, 0.3) is 0 Å². The molecule has 0 radical (unpaired) electrons. The van der Waals surface area contributed by atoms with Crippen LogP contribution in [0.15, 0.2) is 29.4 Å². The molecule has 2 N–H and O–H groups in total. The van der Waals surface area contributed by atoms with Crippen molar-refractivity contribution in [3.8, 4) is 0 Å². The van der Waals surface area contributed by atoms with Crippen LogP contribution in [-0.4, -0.2) is 29.7 Å². The molecule has 3 amide bonds. The van der Waals surface area contributed by atoms with Gasteiger partial charge in [-0.2, -0.15) is 0 Å². The highest BCUT2D eigenvalue weighted by molar-refractivity contribution is 7.99. The van der Waals surface area contributed by atoms with E-state index in [1.165, 1.54) is 18.8 Å². The van der Waals surface area contributed by atoms with Gasteiger partial charge in [-0.05, 0) is 12.1 Å². The molecule has 0 spiro atoms. The highest BCUT2D eigenvalue weighted by Crippen LogP contribution is 2.14. The Kier molecular flexibility index (Phi) is 5.35. The fourth-order valence-corrected chi connectivity index (χ4v) is 1.74. The van der Waals surface area contributed by atoms with E-state index >= 15 is 0 Å². The number of hydrogen-bond donors (Lipinski definition) is 2. The molecule has 0 aliphatic carbocycles. The van der Waals surface area contributed by atoms with Crippen LogP contribution in [0.5, 0.6) is 0 Å². The van der Waals surface area contributed by atoms with Crippen LogP contribution >= 0.6 is 11.8 Å². The third kappa shape index (κ3) is 4.79. The van der Waals surface area contributed by atoms with Crippen LogP contribution in [0.2, 0.25) is 0 Å². The Morgan fingerprint density at radius 2 is 2.25 bits per heavy atom. The minimum absolute atomic E-state index is 0.286. The van der Waals surface area contributed by atoms with E-state index in [1.54, 1.807) is 6.20 Å². The molecule has 0 unspecified atom stereocenters. The predicted octanol–water partition coefficient (Wildman–Crippen LogP) is 1.02. The molecule has 0 atom stereocenters. The number of nitrogens with one attached hydrogen (secondary N) is 2. The van der Waals surface area contributed by atoms with Gasteiger partial charge in [0.05, 0.1) is 5.03 Å². The van der Waals surface area contributed by atoms with E-state index in [0.717, 1.165) is 5.03 Å². The van der Waals surface area contributed by atoms with E-state index in [4.69, 9.17) is 0 Å². The smallest absolute Gasteiger partial charge is 0.321 e. The average molecular weight is 239 g/mol. The summed E-state index contributed by atoms with van der Waals surface area (Å²) in [5, 5.41) is 5.38. The summed E-state index contributed by atoms with van der Waals surface area (Å²) in [6, 6.07) is 5.12. The van der Waals surface area contributed by atoms with Crippen LogP contribution in [0.3, 0.4) is 0 Å². The largest absolute Gasteiger partial charge is 0.341 e. The molecule has 1 heterocycles. The van der Waals surface area contributed by atoms with Gasteiger partial charge in [0, 0.05) is 25.4 Å². The van der Waals surface area contributed by atoms with Crippen molar-refractivity contribution in [1.82, 2.24) is 15.6 Å². The number of nitrogens with zero attached hydrogens (tertiary/aromatic N) is 1. The molecular formula is C10H13N3O2S. The molecule has 16 heavy (non-hydrogen) atoms. The third-order valence-corrected chi connectivity index (χ3v) is 2.64. The number of rotatable bonds is 4. The van der Waals surface area contributed by atoms with Crippen molar-refractivity contribution in [2.24, 2.45) is 0 Å². The zero-order valence-electron chi connectivity index (χ0n) is 8.90. The number of thioether (sulfide) groups is 1. The van der Waals surface area contributed by atoms with Crippen molar-refractivity contribution in [1.29, 1.82) is 0 Å². The van der Waals surface area contributed by atoms with Crippen LogP contribution in [0.4, 0.5) is 4.79 Å². The molecule has 6 heteroatoms. The standard InChI is InChI=1S/C10H13N3O2S/c1-11-10(15)13-8(14)5-7-16-9-4-2-3-6-12-9/h2-4,6H,5,7H2,1H3,(H2,11,13,14,15). The lowest BCUT2D eigenvalue weighted by Crippen LogP contribution is -2.37. The zero-order chi connectivity index (χ0) is 11.8. The minimum Gasteiger partial charge on any atom is -0.341 e. The van der Waals surface area contributed by atoms with E-state index in [1.807, 2.05) is 18.2 Å². The first-order valence-corrected chi connectivity index (χ1v) is 5.76. The second kappa shape index (κ2) is 6.84. The Balaban J connectivity index is 2.21. The molecule has 0 aromatic carbocycles. The second-order valence-corrected chi connectivity index (χ2v) is 4.01. The molecule has 0 saturated carbocycles. The molecule has 0 bridgehead atoms. The Bertz CT molecular complexity index is 356. The van der Waals surface area contributed by atoms with Gasteiger partial charge in [-0.25, -0.2) is 9.78 Å². The first kappa shape index (κ1) is 12.5. The molecule has 1 aromatic heterocycles. The lowest BCUT2D eigenvalue weighted by Gasteiger charge is -2.02. The summed E-state index contributed by atoms with van der Waals surface area (Å²) >= 11 is 1.48. The second-order valence-electron chi connectivity index (χ2n) is 2.89. The van der Waals surface area contributed by atoms with E-state index in [0.29, 0.717) is 5.75 Å². The van der Waals surface area contributed by atoms with Crippen molar-refractivity contribution < 1.29 is 9.59 Å². The number of urea groups is 1. The average Bonchev–Trinajstić information content (AvgIpc) is 2.30. The van der Waals surface area contributed by atoms with Crippen molar-refractivity contribution in [2.45, 2.75) is 11.4 Å². The number of imide groups is 1. The Hall–Kier alpha value is -1.56. The number of carbonyl (C=O) groups excluding carboxylic acids is 2. The van der Waals surface area contributed by atoms with Crippen LogP contribution in [0, 0.1) is 0 Å². The maximum Gasteiger partial charge on any atom is 0.321 e. The van der Waals surface area contributed by atoms with Gasteiger partial charge < -0.3 is 5.32 Å². The van der Waals surface area contributed by atoms with Gasteiger partial charge in [-0.3, -0.25) is 10.1 Å². The van der Waals surface area contributed by atoms with Crippen LogP contribution in [0.25, 0.3) is 0 Å². The van der Waals surface area contributed by atoms with E-state index in [-0.39, 0.29) is 12.3 Å². The van der Waals surface area contributed by atoms with Gasteiger partial charge in [-0.1, -0.05) is 6.07 Å². The number of hydrogen-bond acceptors (Lipinski definition) is 4. The van der Waals surface area contributed by atoms with Gasteiger partial charge in [0.2, 0.25) is 5.91 Å². The van der Waals surface area contributed by atoms with Crippen molar-refractivity contribution in [3.05, 3.63) is 24.4 Å². The van der Waals surface area contributed by atoms with Gasteiger partial charge in [0.15, 0.2) is 0 Å². The highest BCUT2D eigenvalue weighted by Gasteiger charge is 2.05. The van der Waals surface area contributed by atoms with Gasteiger partial charge >= 0.3 is 6.03 Å². The Labute approximate surface area is 98.0 Å². The summed E-state index contributed by atoms with van der Waals surface area (Å²) in [4.78, 5) is 26.1. The lowest BCUT2D eigenvalue weighted by atomic mass is 10.4. The highest BCUT2D eigenvalue weighted by atomic mass is 32.2. The monoisotopic (exact) mass is 239 g/mol. The SMILES string of the molecule is CNC(=O)NC(=O)CCSc1ccccn1. The molecule has 86 valence electrons. The molecular weight excluding hydrogens is 226 g/mol. The van der Waals surface area contributed by atoms with Gasteiger partial charge in [-0.15, -0.1) is 11.8 Å². The quantitative estimate of drug-likeness (QED) is 0.769. The summed E-state index contributed by atoms with van der Waals surface area (Å²) in [5.74, 6) is 0.308. The maximum atomic E-state index is 11.2. The topological polar surface area (TPSA) is 71.1 Å². The Morgan fingerprint density at radius 3 is 2.88 bits per heavy atom. The van der Waals surface area contributed by atoms with E-state index in [2.05, 4.69) is 15.6 Å². The van der Waals surface area contributed by atoms with E-state index < -0.39 is 6.03 Å². The maximum absolute atomic E-state index is 11.2.